The molecule has 1 aromatic carbocycles. The molecule has 0 amide bonds. The Morgan fingerprint density at radius 1 is 1.29 bits per heavy atom. The number of carbonyl (C=O) groups excluding carboxylic acids is 1. The highest BCUT2D eigenvalue weighted by Crippen LogP contribution is 2.27. The van der Waals surface area contributed by atoms with Crippen LogP contribution in [0.2, 0.25) is 0 Å². The number of benzene rings is 1. The highest BCUT2D eigenvalue weighted by molar-refractivity contribution is 5.91. The second kappa shape index (κ2) is 4.20. The summed E-state index contributed by atoms with van der Waals surface area (Å²) in [5.41, 5.74) is 0.955. The maximum absolute atomic E-state index is 11.3. The summed E-state index contributed by atoms with van der Waals surface area (Å²) in [4.78, 5) is 15.8. The molecule has 2 aliphatic rings. The van der Waals surface area contributed by atoms with Crippen LogP contribution >= 0.6 is 0 Å². The van der Waals surface area contributed by atoms with Gasteiger partial charge in [0, 0.05) is 18.5 Å². The van der Waals surface area contributed by atoms with E-state index >= 15 is 0 Å². The van der Waals surface area contributed by atoms with Crippen LogP contribution in [0.25, 0.3) is 0 Å². The fraction of sp³-hybridized carbons (Fsp3) is 0.385. The van der Waals surface area contributed by atoms with Crippen molar-refractivity contribution in [1.82, 2.24) is 0 Å². The van der Waals surface area contributed by atoms with Gasteiger partial charge in [0.05, 0.1) is 6.04 Å². The molecule has 4 heteroatoms. The Kier molecular flexibility index (Phi) is 2.55. The van der Waals surface area contributed by atoms with Gasteiger partial charge < -0.3 is 10.1 Å². The van der Waals surface area contributed by atoms with Crippen LogP contribution in [0, 0.1) is 0 Å². The van der Waals surface area contributed by atoms with Crippen molar-refractivity contribution >= 4 is 17.5 Å². The summed E-state index contributed by atoms with van der Waals surface area (Å²) in [6, 6.07) is 10.5. The molecule has 1 aliphatic carbocycles. The zero-order chi connectivity index (χ0) is 11.7. The van der Waals surface area contributed by atoms with E-state index in [0.717, 1.165) is 12.1 Å². The molecule has 0 bridgehead atoms. The number of anilines is 1. The molecule has 1 fully saturated rings. The number of para-hydroxylation sites is 1. The number of aliphatic imine (C=N–C) groups is 1. The first kappa shape index (κ1) is 10.3. The average Bonchev–Trinajstić information content (AvgIpc) is 2.71. The SMILES string of the molecule is O=C1CC[C@H]2N=C(Nc3ccccc3)O[C@H]2C1. The molecule has 2 atom stereocenters. The molecular formula is C13H14N2O2. The second-order valence-electron chi connectivity index (χ2n) is 4.43. The Morgan fingerprint density at radius 3 is 2.94 bits per heavy atom. The number of nitrogens with one attached hydrogen (secondary N) is 1. The lowest BCUT2D eigenvalue weighted by atomic mass is 9.92. The first-order valence-electron chi connectivity index (χ1n) is 5.89. The summed E-state index contributed by atoms with van der Waals surface area (Å²) in [6.07, 6.45) is 1.88. The number of hydrogen-bond acceptors (Lipinski definition) is 4. The number of amidine groups is 1. The van der Waals surface area contributed by atoms with Crippen LogP contribution in [0.3, 0.4) is 0 Å². The highest BCUT2D eigenvalue weighted by atomic mass is 16.5. The number of fused-ring (bicyclic) bond motifs is 1. The summed E-state index contributed by atoms with van der Waals surface area (Å²) in [5, 5.41) is 3.13. The molecule has 0 aromatic heterocycles. The van der Waals surface area contributed by atoms with Crippen LogP contribution in [-0.2, 0) is 9.53 Å². The Hall–Kier alpha value is -1.84. The van der Waals surface area contributed by atoms with Crippen LogP contribution < -0.4 is 5.32 Å². The third-order valence-corrected chi connectivity index (χ3v) is 3.15. The summed E-state index contributed by atoms with van der Waals surface area (Å²) in [5.74, 6) is 0.280. The van der Waals surface area contributed by atoms with Crippen molar-refractivity contribution in [2.24, 2.45) is 4.99 Å². The van der Waals surface area contributed by atoms with Gasteiger partial charge >= 0.3 is 0 Å². The number of ether oxygens (including phenoxy) is 1. The third kappa shape index (κ3) is 2.16. The number of nitrogens with zero attached hydrogens (tertiary/aromatic N) is 1. The lowest BCUT2D eigenvalue weighted by molar-refractivity contribution is -0.122. The number of hydrogen-bond donors (Lipinski definition) is 1. The molecule has 3 rings (SSSR count). The molecule has 17 heavy (non-hydrogen) atoms. The molecule has 0 unspecified atom stereocenters. The van der Waals surface area contributed by atoms with E-state index in [9.17, 15) is 4.79 Å². The van der Waals surface area contributed by atoms with Crippen molar-refractivity contribution < 1.29 is 9.53 Å². The van der Waals surface area contributed by atoms with E-state index in [4.69, 9.17) is 4.74 Å². The minimum atomic E-state index is -0.0533. The Bertz CT molecular complexity index is 456. The van der Waals surface area contributed by atoms with Gasteiger partial charge in [0.1, 0.15) is 11.9 Å². The van der Waals surface area contributed by atoms with E-state index < -0.39 is 0 Å². The van der Waals surface area contributed by atoms with Gasteiger partial charge in [0.2, 0.25) is 0 Å². The molecule has 88 valence electrons. The van der Waals surface area contributed by atoms with Crippen LogP contribution in [0.1, 0.15) is 19.3 Å². The van der Waals surface area contributed by atoms with Gasteiger partial charge in [0.15, 0.2) is 0 Å². The normalized spacial score (nSPS) is 27.1. The second-order valence-corrected chi connectivity index (χ2v) is 4.43. The van der Waals surface area contributed by atoms with E-state index in [1.54, 1.807) is 0 Å². The van der Waals surface area contributed by atoms with Gasteiger partial charge in [-0.1, -0.05) is 18.2 Å². The smallest absolute Gasteiger partial charge is 0.289 e. The van der Waals surface area contributed by atoms with Gasteiger partial charge in [-0.05, 0) is 18.6 Å². The van der Waals surface area contributed by atoms with Crippen molar-refractivity contribution in [3.05, 3.63) is 30.3 Å². The maximum atomic E-state index is 11.3. The van der Waals surface area contributed by atoms with E-state index in [1.165, 1.54) is 0 Å². The molecule has 1 saturated carbocycles. The van der Waals surface area contributed by atoms with Gasteiger partial charge in [-0.3, -0.25) is 4.79 Å². The van der Waals surface area contributed by atoms with E-state index in [2.05, 4.69) is 10.3 Å². The first-order valence-corrected chi connectivity index (χ1v) is 5.89. The molecule has 0 saturated heterocycles. The molecule has 0 radical (unpaired) electrons. The first-order chi connectivity index (χ1) is 8.31. The van der Waals surface area contributed by atoms with Gasteiger partial charge in [-0.2, -0.15) is 0 Å². The maximum Gasteiger partial charge on any atom is 0.289 e. The number of Topliss-reactive ketones (excluding diaryl/α,β-unsaturated/α-hetero) is 1. The minimum Gasteiger partial charge on any atom is -0.459 e. The zero-order valence-corrected chi connectivity index (χ0v) is 9.43. The van der Waals surface area contributed by atoms with Crippen molar-refractivity contribution in [3.8, 4) is 0 Å². The molecule has 1 heterocycles. The predicted molar refractivity (Wildman–Crippen MR) is 65.0 cm³/mol. The van der Waals surface area contributed by atoms with E-state index in [-0.39, 0.29) is 17.9 Å². The Labute approximate surface area is 99.7 Å². The van der Waals surface area contributed by atoms with E-state index in [1.807, 2.05) is 30.3 Å². The number of ketones is 1. The number of carbonyl (C=O) groups is 1. The monoisotopic (exact) mass is 230 g/mol. The quantitative estimate of drug-likeness (QED) is 0.802. The fourth-order valence-corrected chi connectivity index (χ4v) is 2.26. The largest absolute Gasteiger partial charge is 0.459 e. The van der Waals surface area contributed by atoms with Crippen LogP contribution in [0.5, 0.6) is 0 Å². The van der Waals surface area contributed by atoms with Crippen LogP contribution in [0.4, 0.5) is 5.69 Å². The topological polar surface area (TPSA) is 50.7 Å². The van der Waals surface area contributed by atoms with Crippen molar-refractivity contribution in [2.45, 2.75) is 31.4 Å². The lowest BCUT2D eigenvalue weighted by Gasteiger charge is -2.20. The van der Waals surface area contributed by atoms with Crippen LogP contribution in [-0.4, -0.2) is 24.0 Å². The summed E-state index contributed by atoms with van der Waals surface area (Å²) in [7, 11) is 0. The van der Waals surface area contributed by atoms with Crippen LogP contribution in [0.15, 0.2) is 35.3 Å². The third-order valence-electron chi connectivity index (χ3n) is 3.15. The van der Waals surface area contributed by atoms with Crippen molar-refractivity contribution in [1.29, 1.82) is 0 Å². The zero-order valence-electron chi connectivity index (χ0n) is 9.43. The fourth-order valence-electron chi connectivity index (χ4n) is 2.26. The molecule has 4 nitrogen and oxygen atoms in total. The molecule has 0 spiro atoms. The minimum absolute atomic E-state index is 0.0533. The van der Waals surface area contributed by atoms with Gasteiger partial charge in [-0.15, -0.1) is 0 Å². The van der Waals surface area contributed by atoms with Gasteiger partial charge in [-0.25, -0.2) is 4.99 Å². The molecular weight excluding hydrogens is 216 g/mol. The summed E-state index contributed by atoms with van der Waals surface area (Å²) < 4.78 is 5.66. The molecule has 1 aliphatic heterocycles. The highest BCUT2D eigenvalue weighted by Gasteiger charge is 2.36. The van der Waals surface area contributed by atoms with Gasteiger partial charge in [0.25, 0.3) is 6.02 Å². The van der Waals surface area contributed by atoms with Crippen molar-refractivity contribution in [3.63, 3.8) is 0 Å². The van der Waals surface area contributed by atoms with E-state index in [0.29, 0.717) is 18.9 Å². The standard InChI is InChI=1S/C13H14N2O2/c16-10-6-7-11-12(8-10)17-13(15-11)14-9-4-2-1-3-5-9/h1-5,11-12H,6-8H2,(H,14,15)/t11-,12+/m1/s1. The Morgan fingerprint density at radius 2 is 2.12 bits per heavy atom. The number of rotatable bonds is 1. The molecule has 1 N–H and O–H groups in total. The summed E-state index contributed by atoms with van der Waals surface area (Å²) >= 11 is 0. The summed E-state index contributed by atoms with van der Waals surface area (Å²) in [6.45, 7) is 0. The lowest BCUT2D eigenvalue weighted by Crippen LogP contribution is -2.31. The average molecular weight is 230 g/mol. The predicted octanol–water partition coefficient (Wildman–Crippen LogP) is 1.97. The van der Waals surface area contributed by atoms with Crippen molar-refractivity contribution in [2.75, 3.05) is 5.32 Å². The molecule has 1 aromatic rings. The Balaban J connectivity index is 1.69.